The van der Waals surface area contributed by atoms with Crippen LogP contribution in [0.5, 0.6) is 0 Å². The van der Waals surface area contributed by atoms with E-state index in [0.29, 0.717) is 31.2 Å². The molecule has 182 valence electrons. The molecule has 6 nitrogen and oxygen atoms in total. The Morgan fingerprint density at radius 1 is 1.06 bits per heavy atom. The van der Waals surface area contributed by atoms with Crippen LogP contribution in [0.3, 0.4) is 0 Å². The van der Waals surface area contributed by atoms with Gasteiger partial charge in [0.1, 0.15) is 11.7 Å². The molecule has 2 aromatic rings. The predicted octanol–water partition coefficient (Wildman–Crippen LogP) is 5.19. The molecule has 0 spiro atoms. The van der Waals surface area contributed by atoms with E-state index in [9.17, 15) is 22.8 Å². The van der Waals surface area contributed by atoms with Gasteiger partial charge in [0.2, 0.25) is 0 Å². The van der Waals surface area contributed by atoms with Crippen LogP contribution in [0.2, 0.25) is 5.02 Å². The second-order valence-electron chi connectivity index (χ2n) is 7.98. The molecule has 0 aromatic heterocycles. The van der Waals surface area contributed by atoms with Gasteiger partial charge >= 0.3 is 6.09 Å². The van der Waals surface area contributed by atoms with E-state index in [1.807, 2.05) is 0 Å². The number of amides is 2. The first-order chi connectivity index (χ1) is 16.2. The van der Waals surface area contributed by atoms with Gasteiger partial charge in [0.15, 0.2) is 11.6 Å². The second-order valence-corrected chi connectivity index (χ2v) is 8.42. The summed E-state index contributed by atoms with van der Waals surface area (Å²) in [6, 6.07) is 6.65. The monoisotopic (exact) mass is 495 g/mol. The van der Waals surface area contributed by atoms with Gasteiger partial charge in [-0.2, -0.15) is 0 Å². The van der Waals surface area contributed by atoms with Crippen molar-refractivity contribution in [1.82, 2.24) is 10.6 Å². The topological polar surface area (TPSA) is 79.8 Å². The maximum Gasteiger partial charge on any atom is 0.407 e. The zero-order chi connectivity index (χ0) is 24.7. The van der Waals surface area contributed by atoms with Crippen LogP contribution in [0.1, 0.15) is 48.5 Å². The number of hydrogen-bond donors (Lipinski definition) is 2. The number of halogens is 4. The van der Waals surface area contributed by atoms with Gasteiger partial charge in [-0.15, -0.1) is 0 Å². The molecule has 1 fully saturated rings. The SMILES string of the molecule is CCOC(=O)NC1CCC(N=C(Cc2cc(F)cc(Cl)c2)NC(=O)c2ccc(F)c(F)c2)CC1. The third-order valence-corrected chi connectivity index (χ3v) is 5.58. The molecule has 0 saturated heterocycles. The molecule has 3 rings (SSSR count). The lowest BCUT2D eigenvalue weighted by Gasteiger charge is -2.27. The summed E-state index contributed by atoms with van der Waals surface area (Å²) in [5.74, 6) is -3.15. The Labute approximate surface area is 200 Å². The van der Waals surface area contributed by atoms with E-state index in [1.165, 1.54) is 12.1 Å². The maximum absolute atomic E-state index is 13.8. The zero-order valence-corrected chi connectivity index (χ0v) is 19.3. The molecular weight excluding hydrogens is 471 g/mol. The van der Waals surface area contributed by atoms with Gasteiger partial charge < -0.3 is 15.4 Å². The molecule has 0 aliphatic heterocycles. The number of nitrogens with one attached hydrogen (secondary N) is 2. The third-order valence-electron chi connectivity index (χ3n) is 5.37. The van der Waals surface area contributed by atoms with Crippen molar-refractivity contribution >= 4 is 29.4 Å². The van der Waals surface area contributed by atoms with Crippen molar-refractivity contribution in [3.05, 3.63) is 70.0 Å². The summed E-state index contributed by atoms with van der Waals surface area (Å²) < 4.78 is 45.5. The third kappa shape index (κ3) is 7.48. The van der Waals surface area contributed by atoms with Gasteiger partial charge in [-0.05, 0) is 74.6 Å². The molecule has 0 atom stereocenters. The highest BCUT2D eigenvalue weighted by Gasteiger charge is 2.23. The van der Waals surface area contributed by atoms with E-state index in [2.05, 4.69) is 15.6 Å². The molecule has 1 aliphatic carbocycles. The lowest BCUT2D eigenvalue weighted by atomic mass is 9.91. The summed E-state index contributed by atoms with van der Waals surface area (Å²) in [6.07, 6.45) is 2.24. The minimum absolute atomic E-state index is 0.0345. The van der Waals surface area contributed by atoms with Crippen LogP contribution in [0.4, 0.5) is 18.0 Å². The summed E-state index contributed by atoms with van der Waals surface area (Å²) >= 11 is 5.95. The summed E-state index contributed by atoms with van der Waals surface area (Å²) in [5, 5.41) is 5.65. The number of aliphatic imine (C=N–C) groups is 1. The van der Waals surface area contributed by atoms with Crippen molar-refractivity contribution in [3.63, 3.8) is 0 Å². The van der Waals surface area contributed by atoms with Gasteiger partial charge in [-0.25, -0.2) is 18.0 Å². The zero-order valence-electron chi connectivity index (χ0n) is 18.5. The molecule has 0 bridgehead atoms. The number of hydrogen-bond acceptors (Lipinski definition) is 4. The maximum atomic E-state index is 13.8. The molecule has 2 amide bonds. The van der Waals surface area contributed by atoms with E-state index < -0.39 is 29.5 Å². The van der Waals surface area contributed by atoms with E-state index in [4.69, 9.17) is 16.3 Å². The number of ether oxygens (including phenoxy) is 1. The number of amidine groups is 1. The number of alkyl carbamates (subject to hydrolysis) is 1. The highest BCUT2D eigenvalue weighted by atomic mass is 35.5. The highest BCUT2D eigenvalue weighted by Crippen LogP contribution is 2.22. The van der Waals surface area contributed by atoms with Crippen molar-refractivity contribution in [2.45, 2.75) is 51.1 Å². The molecule has 0 heterocycles. The van der Waals surface area contributed by atoms with Crippen LogP contribution in [-0.4, -0.2) is 36.5 Å². The Bertz CT molecular complexity index is 1050. The number of carbonyl (C=O) groups is 2. The van der Waals surface area contributed by atoms with E-state index in [-0.39, 0.29) is 41.5 Å². The smallest absolute Gasteiger partial charge is 0.407 e. The number of benzene rings is 2. The minimum atomic E-state index is -1.14. The number of rotatable bonds is 6. The summed E-state index contributed by atoms with van der Waals surface area (Å²) in [6.45, 7) is 2.02. The molecule has 2 aromatic carbocycles. The summed E-state index contributed by atoms with van der Waals surface area (Å²) in [7, 11) is 0. The normalized spacial score (nSPS) is 18.3. The van der Waals surface area contributed by atoms with Gasteiger partial charge in [0.05, 0.1) is 12.6 Å². The first kappa shape index (κ1) is 25.6. The second kappa shape index (κ2) is 11.9. The first-order valence-corrected chi connectivity index (χ1v) is 11.3. The Kier molecular flexibility index (Phi) is 8.92. The van der Waals surface area contributed by atoms with Gasteiger partial charge in [-0.3, -0.25) is 9.79 Å². The van der Waals surface area contributed by atoms with E-state index in [0.717, 1.165) is 18.2 Å². The van der Waals surface area contributed by atoms with Gasteiger partial charge in [0.25, 0.3) is 5.91 Å². The first-order valence-electron chi connectivity index (χ1n) is 10.9. The van der Waals surface area contributed by atoms with Crippen LogP contribution in [0, 0.1) is 17.5 Å². The fraction of sp³-hybridized carbons (Fsp3) is 0.375. The Morgan fingerprint density at radius 2 is 1.79 bits per heavy atom. The van der Waals surface area contributed by atoms with Crippen LogP contribution in [0.25, 0.3) is 0 Å². The van der Waals surface area contributed by atoms with E-state index in [1.54, 1.807) is 13.0 Å². The summed E-state index contributed by atoms with van der Waals surface area (Å²) in [4.78, 5) is 29.0. The fourth-order valence-corrected chi connectivity index (χ4v) is 4.02. The summed E-state index contributed by atoms with van der Waals surface area (Å²) in [5.41, 5.74) is 0.415. The number of carbonyl (C=O) groups excluding carboxylic acids is 2. The molecule has 34 heavy (non-hydrogen) atoms. The predicted molar refractivity (Wildman–Crippen MR) is 123 cm³/mol. The largest absolute Gasteiger partial charge is 0.450 e. The van der Waals surface area contributed by atoms with Crippen LogP contribution < -0.4 is 10.6 Å². The van der Waals surface area contributed by atoms with E-state index >= 15 is 0 Å². The average Bonchev–Trinajstić information content (AvgIpc) is 2.76. The lowest BCUT2D eigenvalue weighted by molar-refractivity contribution is 0.0975. The standard InChI is InChI=1S/C24H25ClF3N3O3/c1-2-34-24(33)30-19-6-4-18(5-7-19)29-22(11-14-9-16(25)13-17(26)10-14)31-23(32)15-3-8-20(27)21(28)12-15/h3,8-10,12-13,18-19H,2,4-7,11H2,1H3,(H,30,33)(H,29,31,32). The highest BCUT2D eigenvalue weighted by molar-refractivity contribution is 6.30. The van der Waals surface area contributed by atoms with Crippen molar-refractivity contribution in [1.29, 1.82) is 0 Å². The Balaban J connectivity index is 1.74. The van der Waals surface area contributed by atoms with Crippen LogP contribution in [0.15, 0.2) is 41.4 Å². The van der Waals surface area contributed by atoms with Crippen molar-refractivity contribution < 1.29 is 27.5 Å². The van der Waals surface area contributed by atoms with Crippen molar-refractivity contribution in [3.8, 4) is 0 Å². The Hall–Kier alpha value is -3.07. The Morgan fingerprint density at radius 3 is 2.44 bits per heavy atom. The molecule has 0 unspecified atom stereocenters. The van der Waals surface area contributed by atoms with Crippen LogP contribution >= 0.6 is 11.6 Å². The van der Waals surface area contributed by atoms with Crippen LogP contribution in [-0.2, 0) is 11.2 Å². The molecule has 0 radical (unpaired) electrons. The van der Waals surface area contributed by atoms with Gasteiger partial charge in [0, 0.05) is 23.0 Å². The molecule has 1 aliphatic rings. The average molecular weight is 496 g/mol. The minimum Gasteiger partial charge on any atom is -0.450 e. The molecule has 2 N–H and O–H groups in total. The van der Waals surface area contributed by atoms with Crippen molar-refractivity contribution in [2.75, 3.05) is 6.61 Å². The fourth-order valence-electron chi connectivity index (χ4n) is 3.78. The quantitative estimate of drug-likeness (QED) is 0.428. The molecule has 1 saturated carbocycles. The lowest BCUT2D eigenvalue weighted by Crippen LogP contribution is -2.39. The van der Waals surface area contributed by atoms with Gasteiger partial charge in [-0.1, -0.05) is 11.6 Å². The van der Waals surface area contributed by atoms with Crippen molar-refractivity contribution in [2.24, 2.45) is 4.99 Å². The number of nitrogens with zero attached hydrogens (tertiary/aromatic N) is 1. The molecular formula is C24H25ClF3N3O3. The molecule has 10 heteroatoms.